The molecule has 0 radical (unpaired) electrons. The maximum atomic E-state index is 12.0. The molecular formula is C21H26N2O3S. The van der Waals surface area contributed by atoms with Crippen molar-refractivity contribution in [3.63, 3.8) is 0 Å². The Kier molecular flexibility index (Phi) is 8.20. The summed E-state index contributed by atoms with van der Waals surface area (Å²) in [6.45, 7) is 4.55. The highest BCUT2D eigenvalue weighted by atomic mass is 32.2. The van der Waals surface area contributed by atoms with E-state index in [1.807, 2.05) is 56.3 Å². The maximum Gasteiger partial charge on any atom is 0.234 e. The molecule has 0 aliphatic carbocycles. The molecule has 0 bridgehead atoms. The van der Waals surface area contributed by atoms with Crippen molar-refractivity contribution in [3.05, 3.63) is 59.2 Å². The van der Waals surface area contributed by atoms with E-state index in [4.69, 9.17) is 4.74 Å². The standard InChI is InChI=1S/C21H26N2O3S/c1-15-4-9-19(16(2)12-15)23-21(25)14-27-13-20(24)22-11-10-17-5-7-18(26-3)8-6-17/h4-9,12H,10-11,13-14H2,1-3H3,(H,22,24)(H,23,25). The van der Waals surface area contributed by atoms with E-state index in [2.05, 4.69) is 10.6 Å². The molecule has 27 heavy (non-hydrogen) atoms. The van der Waals surface area contributed by atoms with Crippen LogP contribution in [0.1, 0.15) is 16.7 Å². The summed E-state index contributed by atoms with van der Waals surface area (Å²) in [5, 5.41) is 5.76. The number of aryl methyl sites for hydroxylation is 2. The summed E-state index contributed by atoms with van der Waals surface area (Å²) in [6.07, 6.45) is 0.758. The lowest BCUT2D eigenvalue weighted by Crippen LogP contribution is -2.28. The van der Waals surface area contributed by atoms with Crippen LogP contribution in [-0.4, -0.2) is 37.0 Å². The fourth-order valence-electron chi connectivity index (χ4n) is 2.57. The number of rotatable bonds is 9. The average molecular weight is 387 g/mol. The van der Waals surface area contributed by atoms with E-state index in [0.717, 1.165) is 34.5 Å². The molecule has 0 unspecified atom stereocenters. The first-order valence-corrected chi connectivity index (χ1v) is 9.98. The molecule has 2 aromatic rings. The van der Waals surface area contributed by atoms with Crippen molar-refractivity contribution in [2.24, 2.45) is 0 Å². The van der Waals surface area contributed by atoms with E-state index < -0.39 is 0 Å². The number of hydrogen-bond acceptors (Lipinski definition) is 4. The van der Waals surface area contributed by atoms with E-state index in [1.54, 1.807) is 7.11 Å². The Labute approximate surface area is 164 Å². The smallest absolute Gasteiger partial charge is 0.234 e. The lowest BCUT2D eigenvalue weighted by molar-refractivity contribution is -0.118. The molecule has 6 heteroatoms. The van der Waals surface area contributed by atoms with Crippen LogP contribution in [-0.2, 0) is 16.0 Å². The van der Waals surface area contributed by atoms with Gasteiger partial charge in [-0.3, -0.25) is 9.59 Å². The monoisotopic (exact) mass is 386 g/mol. The van der Waals surface area contributed by atoms with E-state index in [9.17, 15) is 9.59 Å². The summed E-state index contributed by atoms with van der Waals surface area (Å²) in [7, 11) is 1.63. The molecule has 144 valence electrons. The minimum absolute atomic E-state index is 0.0622. The Morgan fingerprint density at radius 1 is 1.00 bits per heavy atom. The van der Waals surface area contributed by atoms with Gasteiger partial charge in [0.15, 0.2) is 0 Å². The van der Waals surface area contributed by atoms with Crippen LogP contribution >= 0.6 is 11.8 Å². The zero-order valence-corrected chi connectivity index (χ0v) is 16.8. The number of nitrogens with one attached hydrogen (secondary N) is 2. The van der Waals surface area contributed by atoms with Gasteiger partial charge in [-0.15, -0.1) is 11.8 Å². The van der Waals surface area contributed by atoms with Gasteiger partial charge in [0.05, 0.1) is 18.6 Å². The molecule has 2 amide bonds. The maximum absolute atomic E-state index is 12.0. The van der Waals surface area contributed by atoms with Crippen LogP contribution in [0.2, 0.25) is 0 Å². The first-order chi connectivity index (χ1) is 13.0. The van der Waals surface area contributed by atoms with Crippen molar-refractivity contribution in [2.75, 3.05) is 30.5 Å². The molecule has 0 atom stereocenters. The molecule has 0 aromatic heterocycles. The van der Waals surface area contributed by atoms with Gasteiger partial charge in [0.1, 0.15) is 5.75 Å². The predicted molar refractivity (Wildman–Crippen MR) is 112 cm³/mol. The van der Waals surface area contributed by atoms with Gasteiger partial charge in [-0.05, 0) is 49.6 Å². The molecule has 0 fully saturated rings. The largest absolute Gasteiger partial charge is 0.497 e. The van der Waals surface area contributed by atoms with Crippen molar-refractivity contribution in [3.8, 4) is 5.75 Å². The lowest BCUT2D eigenvalue weighted by atomic mass is 10.1. The Morgan fingerprint density at radius 3 is 2.37 bits per heavy atom. The number of anilines is 1. The third-order valence-electron chi connectivity index (χ3n) is 4.02. The van der Waals surface area contributed by atoms with Gasteiger partial charge in [-0.25, -0.2) is 0 Å². The van der Waals surface area contributed by atoms with E-state index >= 15 is 0 Å². The summed E-state index contributed by atoms with van der Waals surface area (Å²) >= 11 is 1.31. The third kappa shape index (κ3) is 7.35. The molecule has 2 aromatic carbocycles. The molecular weight excluding hydrogens is 360 g/mol. The molecule has 0 aliphatic heterocycles. The second kappa shape index (κ2) is 10.6. The fraction of sp³-hybridized carbons (Fsp3) is 0.333. The highest BCUT2D eigenvalue weighted by Gasteiger charge is 2.07. The summed E-state index contributed by atoms with van der Waals surface area (Å²) in [5.41, 5.74) is 4.14. The van der Waals surface area contributed by atoms with Gasteiger partial charge < -0.3 is 15.4 Å². The van der Waals surface area contributed by atoms with Gasteiger partial charge in [0.2, 0.25) is 11.8 Å². The van der Waals surface area contributed by atoms with Gasteiger partial charge in [-0.1, -0.05) is 29.8 Å². The Bertz CT molecular complexity index is 775. The number of thioether (sulfide) groups is 1. The molecule has 2 rings (SSSR count). The fourth-order valence-corrected chi connectivity index (χ4v) is 3.21. The van der Waals surface area contributed by atoms with Crippen molar-refractivity contribution in [1.82, 2.24) is 5.32 Å². The Balaban J connectivity index is 1.62. The number of benzene rings is 2. The molecule has 0 aliphatic rings. The zero-order valence-electron chi connectivity index (χ0n) is 16.0. The molecule has 0 spiro atoms. The summed E-state index contributed by atoms with van der Waals surface area (Å²) < 4.78 is 5.12. The van der Waals surface area contributed by atoms with Crippen LogP contribution < -0.4 is 15.4 Å². The number of carbonyl (C=O) groups is 2. The number of hydrogen-bond donors (Lipinski definition) is 2. The van der Waals surface area contributed by atoms with Crippen molar-refractivity contribution in [2.45, 2.75) is 20.3 Å². The summed E-state index contributed by atoms with van der Waals surface area (Å²) in [5.74, 6) is 1.17. The molecule has 0 saturated carbocycles. The van der Waals surface area contributed by atoms with Gasteiger partial charge >= 0.3 is 0 Å². The third-order valence-corrected chi connectivity index (χ3v) is 4.95. The number of methoxy groups -OCH3 is 1. The van der Waals surface area contributed by atoms with Gasteiger partial charge in [0, 0.05) is 12.2 Å². The highest BCUT2D eigenvalue weighted by Crippen LogP contribution is 2.16. The predicted octanol–water partition coefficient (Wildman–Crippen LogP) is 3.34. The van der Waals surface area contributed by atoms with Gasteiger partial charge in [0.25, 0.3) is 0 Å². The lowest BCUT2D eigenvalue weighted by Gasteiger charge is -2.09. The van der Waals surface area contributed by atoms with E-state index in [1.165, 1.54) is 11.8 Å². The van der Waals surface area contributed by atoms with Gasteiger partial charge in [-0.2, -0.15) is 0 Å². The SMILES string of the molecule is COc1ccc(CCNC(=O)CSCC(=O)Nc2ccc(C)cc2C)cc1. The topological polar surface area (TPSA) is 67.4 Å². The van der Waals surface area contributed by atoms with E-state index in [-0.39, 0.29) is 23.3 Å². The van der Waals surface area contributed by atoms with Crippen LogP contribution in [0.5, 0.6) is 5.75 Å². The molecule has 0 saturated heterocycles. The normalized spacial score (nSPS) is 10.3. The summed E-state index contributed by atoms with van der Waals surface area (Å²) in [6, 6.07) is 13.7. The van der Waals surface area contributed by atoms with Crippen LogP contribution in [0.4, 0.5) is 5.69 Å². The molecule has 5 nitrogen and oxygen atoms in total. The van der Waals surface area contributed by atoms with Crippen molar-refractivity contribution >= 4 is 29.3 Å². The number of carbonyl (C=O) groups excluding carboxylic acids is 2. The second-order valence-electron chi connectivity index (χ2n) is 6.31. The van der Waals surface area contributed by atoms with Crippen molar-refractivity contribution in [1.29, 1.82) is 0 Å². The summed E-state index contributed by atoms with van der Waals surface area (Å²) in [4.78, 5) is 23.9. The Hall–Kier alpha value is -2.47. The number of ether oxygens (including phenoxy) is 1. The van der Waals surface area contributed by atoms with Crippen molar-refractivity contribution < 1.29 is 14.3 Å². The van der Waals surface area contributed by atoms with Crippen LogP contribution in [0.15, 0.2) is 42.5 Å². The highest BCUT2D eigenvalue weighted by molar-refractivity contribution is 8.00. The van der Waals surface area contributed by atoms with Crippen LogP contribution in [0, 0.1) is 13.8 Å². The molecule has 0 heterocycles. The minimum atomic E-state index is -0.0991. The number of amides is 2. The zero-order chi connectivity index (χ0) is 19.6. The van der Waals surface area contributed by atoms with Crippen LogP contribution in [0.25, 0.3) is 0 Å². The van der Waals surface area contributed by atoms with E-state index in [0.29, 0.717) is 6.54 Å². The molecule has 2 N–H and O–H groups in total. The quantitative estimate of drug-likeness (QED) is 0.694. The minimum Gasteiger partial charge on any atom is -0.497 e. The second-order valence-corrected chi connectivity index (χ2v) is 7.29. The first-order valence-electron chi connectivity index (χ1n) is 8.82. The first kappa shape index (κ1) is 20.8. The van der Waals surface area contributed by atoms with Crippen LogP contribution in [0.3, 0.4) is 0 Å². The Morgan fingerprint density at radius 2 is 1.70 bits per heavy atom. The average Bonchev–Trinajstić information content (AvgIpc) is 2.64.